The van der Waals surface area contributed by atoms with Gasteiger partial charge in [0.25, 0.3) is 0 Å². The predicted molar refractivity (Wildman–Crippen MR) is 32.7 cm³/mol. The highest BCUT2D eigenvalue weighted by molar-refractivity contribution is 4.68. The highest BCUT2D eigenvalue weighted by Crippen LogP contribution is 1.74. The van der Waals surface area contributed by atoms with E-state index in [9.17, 15) is 0 Å². The summed E-state index contributed by atoms with van der Waals surface area (Å²) < 4.78 is 1.86. The van der Waals surface area contributed by atoms with Crippen molar-refractivity contribution in [2.24, 2.45) is 7.05 Å². The van der Waals surface area contributed by atoms with Gasteiger partial charge in [-0.1, -0.05) is 4.68 Å². The number of hydrogen-bond acceptors (Lipinski definition) is 1. The molecule has 3 nitrogen and oxygen atoms in total. The van der Waals surface area contributed by atoms with Gasteiger partial charge in [0.1, 0.15) is 12.8 Å². The lowest BCUT2D eigenvalue weighted by Gasteiger charge is -1.96. The summed E-state index contributed by atoms with van der Waals surface area (Å²) in [6.45, 7) is 2.66. The van der Waals surface area contributed by atoms with E-state index >= 15 is 0 Å². The molecule has 0 amide bonds. The molecule has 0 radical (unpaired) electrons. The summed E-state index contributed by atoms with van der Waals surface area (Å²) in [5, 5.41) is 0. The third-order valence-corrected chi connectivity index (χ3v) is 1.09. The van der Waals surface area contributed by atoms with Gasteiger partial charge in [0, 0.05) is 10.9 Å². The van der Waals surface area contributed by atoms with E-state index in [4.69, 9.17) is 4.84 Å². The van der Waals surface area contributed by atoms with E-state index in [1.54, 1.807) is 4.85 Å². The van der Waals surface area contributed by atoms with Crippen LogP contribution in [0.5, 0.6) is 0 Å². The molecule has 50 valence electrons. The Morgan fingerprint density at radius 3 is 2.89 bits per heavy atom. The number of aromatic nitrogens is 2. The summed E-state index contributed by atoms with van der Waals surface area (Å²) >= 11 is 0. The van der Waals surface area contributed by atoms with Crippen LogP contribution in [0, 0.1) is 0 Å². The Kier molecular flexibility index (Phi) is 1.72. The molecule has 0 bridgehead atoms. The lowest BCUT2D eigenvalue weighted by molar-refractivity contribution is -0.778. The molecule has 0 fully saturated rings. The van der Waals surface area contributed by atoms with Crippen molar-refractivity contribution in [3.8, 4) is 0 Å². The molecule has 0 spiro atoms. The van der Waals surface area contributed by atoms with Crippen molar-refractivity contribution in [1.82, 2.24) is 4.85 Å². The molecule has 1 aromatic rings. The SMILES string of the molecule is CCOn1ccc[n+]1C. The summed E-state index contributed by atoms with van der Waals surface area (Å²) in [5.41, 5.74) is 0. The van der Waals surface area contributed by atoms with Crippen molar-refractivity contribution in [2.45, 2.75) is 6.92 Å². The van der Waals surface area contributed by atoms with Crippen molar-refractivity contribution >= 4 is 0 Å². The van der Waals surface area contributed by atoms with E-state index in [0.717, 1.165) is 0 Å². The Balaban J connectivity index is 2.69. The van der Waals surface area contributed by atoms with E-state index < -0.39 is 0 Å². The maximum Gasteiger partial charge on any atom is 0.198 e. The Labute approximate surface area is 54.4 Å². The first-order chi connectivity index (χ1) is 4.34. The predicted octanol–water partition coefficient (Wildman–Crippen LogP) is -0.239. The largest absolute Gasteiger partial charge is 0.369 e. The van der Waals surface area contributed by atoms with Crippen LogP contribution in [0.2, 0.25) is 0 Å². The van der Waals surface area contributed by atoms with Crippen LogP contribution in [0.3, 0.4) is 0 Å². The molecule has 9 heavy (non-hydrogen) atoms. The van der Waals surface area contributed by atoms with Crippen molar-refractivity contribution in [1.29, 1.82) is 0 Å². The van der Waals surface area contributed by atoms with Gasteiger partial charge in [-0.2, -0.15) is 0 Å². The molecule has 0 unspecified atom stereocenters. The zero-order valence-electron chi connectivity index (χ0n) is 5.74. The topological polar surface area (TPSA) is 18.0 Å². The molecule has 3 heteroatoms. The smallest absolute Gasteiger partial charge is 0.198 e. The van der Waals surface area contributed by atoms with E-state index in [1.165, 1.54) is 0 Å². The normalized spacial score (nSPS) is 9.56. The molecule has 1 rings (SSSR count). The van der Waals surface area contributed by atoms with Gasteiger partial charge in [0.15, 0.2) is 13.2 Å². The van der Waals surface area contributed by atoms with Gasteiger partial charge in [-0.3, -0.25) is 0 Å². The summed E-state index contributed by atoms with van der Waals surface area (Å²) in [5.74, 6) is 0. The fraction of sp³-hybridized carbons (Fsp3) is 0.500. The van der Waals surface area contributed by atoms with Crippen molar-refractivity contribution in [3.05, 3.63) is 18.5 Å². The average molecular weight is 127 g/mol. The van der Waals surface area contributed by atoms with E-state index in [0.29, 0.717) is 6.61 Å². The number of aryl methyl sites for hydroxylation is 1. The summed E-state index contributed by atoms with van der Waals surface area (Å²) in [6.07, 6.45) is 3.79. The molecule has 0 atom stereocenters. The third kappa shape index (κ3) is 1.22. The van der Waals surface area contributed by atoms with Gasteiger partial charge in [0.05, 0.1) is 0 Å². The summed E-state index contributed by atoms with van der Waals surface area (Å²) in [7, 11) is 1.93. The zero-order valence-corrected chi connectivity index (χ0v) is 5.74. The standard InChI is InChI=1S/C6H11N2O/c1-3-9-8-6-4-5-7(8)2/h4-6H,3H2,1-2H3/q+1. The van der Waals surface area contributed by atoms with Crippen LogP contribution in [0.15, 0.2) is 18.5 Å². The van der Waals surface area contributed by atoms with Gasteiger partial charge < -0.3 is 4.84 Å². The maximum atomic E-state index is 5.16. The molecule has 1 aromatic heterocycles. The van der Waals surface area contributed by atoms with Gasteiger partial charge in [-0.05, 0) is 6.92 Å². The number of hydrogen-bond donors (Lipinski definition) is 0. The minimum atomic E-state index is 0.697. The summed E-state index contributed by atoms with van der Waals surface area (Å²) in [4.78, 5) is 6.84. The first kappa shape index (κ1) is 6.13. The van der Waals surface area contributed by atoms with Crippen LogP contribution in [-0.4, -0.2) is 11.5 Å². The minimum absolute atomic E-state index is 0.697. The second-order valence-electron chi connectivity index (χ2n) is 1.78. The minimum Gasteiger partial charge on any atom is -0.369 e. The zero-order chi connectivity index (χ0) is 6.69. The van der Waals surface area contributed by atoms with E-state index in [1.807, 2.05) is 37.1 Å². The average Bonchev–Trinajstić information content (AvgIpc) is 2.18. The molecule has 1 heterocycles. The second kappa shape index (κ2) is 2.53. The van der Waals surface area contributed by atoms with Gasteiger partial charge in [-0.25, -0.2) is 0 Å². The number of nitrogens with zero attached hydrogens (tertiary/aromatic N) is 2. The number of rotatable bonds is 2. The fourth-order valence-electron chi connectivity index (χ4n) is 0.674. The lowest BCUT2D eigenvalue weighted by Crippen LogP contribution is -2.41. The molecule has 0 saturated carbocycles. The van der Waals surface area contributed by atoms with Crippen LogP contribution < -0.4 is 9.52 Å². The Hall–Kier alpha value is -0.990. The Bertz CT molecular complexity index is 183. The van der Waals surface area contributed by atoms with Gasteiger partial charge in [0.2, 0.25) is 0 Å². The quantitative estimate of drug-likeness (QED) is 0.501. The van der Waals surface area contributed by atoms with E-state index in [-0.39, 0.29) is 0 Å². The Morgan fingerprint density at radius 2 is 2.44 bits per heavy atom. The Morgan fingerprint density at radius 1 is 1.67 bits per heavy atom. The molecular weight excluding hydrogens is 116 g/mol. The van der Waals surface area contributed by atoms with Crippen LogP contribution in [0.25, 0.3) is 0 Å². The van der Waals surface area contributed by atoms with Crippen LogP contribution in [-0.2, 0) is 7.05 Å². The molecule has 0 aliphatic rings. The molecule has 0 saturated heterocycles. The van der Waals surface area contributed by atoms with Crippen molar-refractivity contribution < 1.29 is 9.52 Å². The van der Waals surface area contributed by atoms with Gasteiger partial charge in [-0.15, -0.1) is 0 Å². The van der Waals surface area contributed by atoms with Crippen molar-refractivity contribution in [2.75, 3.05) is 6.61 Å². The summed E-state index contributed by atoms with van der Waals surface area (Å²) in [6, 6.07) is 1.93. The van der Waals surface area contributed by atoms with Crippen LogP contribution >= 0.6 is 0 Å². The molecule has 0 N–H and O–H groups in total. The first-order valence-electron chi connectivity index (χ1n) is 3.01. The highest BCUT2D eigenvalue weighted by atomic mass is 16.7. The monoisotopic (exact) mass is 127 g/mol. The van der Waals surface area contributed by atoms with E-state index in [2.05, 4.69) is 0 Å². The van der Waals surface area contributed by atoms with Crippen molar-refractivity contribution in [3.63, 3.8) is 0 Å². The lowest BCUT2D eigenvalue weighted by atomic mass is 10.8. The molecule has 0 aliphatic heterocycles. The fourth-order valence-corrected chi connectivity index (χ4v) is 0.674. The first-order valence-corrected chi connectivity index (χ1v) is 3.01. The molecular formula is C6H11N2O+. The maximum absolute atomic E-state index is 5.16. The molecule has 0 aliphatic carbocycles. The van der Waals surface area contributed by atoms with Gasteiger partial charge >= 0.3 is 0 Å². The second-order valence-corrected chi connectivity index (χ2v) is 1.78. The molecule has 0 aromatic carbocycles. The third-order valence-electron chi connectivity index (χ3n) is 1.09. The van der Waals surface area contributed by atoms with Crippen LogP contribution in [0.4, 0.5) is 0 Å². The van der Waals surface area contributed by atoms with Crippen LogP contribution in [0.1, 0.15) is 6.92 Å². The highest BCUT2D eigenvalue weighted by Gasteiger charge is 1.97.